The Morgan fingerprint density at radius 1 is 1.47 bits per heavy atom. The molecule has 0 atom stereocenters. The van der Waals surface area contributed by atoms with E-state index in [0.29, 0.717) is 5.75 Å². The summed E-state index contributed by atoms with van der Waals surface area (Å²) < 4.78 is 0.856. The van der Waals surface area contributed by atoms with E-state index in [2.05, 4.69) is 22.4 Å². The molecule has 2 heterocycles. The monoisotopic (exact) mass is 300 g/mol. The fraction of sp³-hybridized carbons (Fsp3) is 0.750. The molecule has 1 saturated heterocycles. The molecule has 2 rings (SSSR count). The van der Waals surface area contributed by atoms with E-state index in [9.17, 15) is 4.79 Å². The average Bonchev–Trinajstić information content (AvgIpc) is 2.85. The summed E-state index contributed by atoms with van der Waals surface area (Å²) in [5.41, 5.74) is 0. The fourth-order valence-electron chi connectivity index (χ4n) is 1.96. The molecule has 1 aromatic rings. The van der Waals surface area contributed by atoms with E-state index >= 15 is 0 Å². The topological polar surface area (TPSA) is 58.1 Å². The number of carbonyl (C=O) groups is 1. The molecule has 1 N–H and O–H groups in total. The van der Waals surface area contributed by atoms with Crippen molar-refractivity contribution in [1.29, 1.82) is 0 Å². The van der Waals surface area contributed by atoms with Gasteiger partial charge in [0.15, 0.2) is 4.34 Å². The number of likely N-dealkylation sites (tertiary alicyclic amines) is 1. The van der Waals surface area contributed by atoms with Gasteiger partial charge in [0.05, 0.1) is 5.75 Å². The first-order valence-electron chi connectivity index (χ1n) is 6.67. The van der Waals surface area contributed by atoms with Gasteiger partial charge in [0.2, 0.25) is 11.0 Å². The molecule has 0 spiro atoms. The van der Waals surface area contributed by atoms with Crippen molar-refractivity contribution >= 4 is 34.1 Å². The molecule has 1 fully saturated rings. The highest BCUT2D eigenvalue weighted by molar-refractivity contribution is 8.01. The lowest BCUT2D eigenvalue weighted by Crippen LogP contribution is -2.38. The minimum Gasteiger partial charge on any atom is -0.360 e. The van der Waals surface area contributed by atoms with E-state index < -0.39 is 0 Å². The number of thioether (sulfide) groups is 1. The molecule has 1 aliphatic rings. The number of hydrogen-bond acceptors (Lipinski definition) is 6. The zero-order chi connectivity index (χ0) is 13.7. The molecule has 0 unspecified atom stereocenters. The zero-order valence-corrected chi connectivity index (χ0v) is 13.0. The van der Waals surface area contributed by atoms with Gasteiger partial charge in [0.25, 0.3) is 0 Å². The number of rotatable bonds is 5. The lowest BCUT2D eigenvalue weighted by Gasteiger charge is -2.30. The maximum absolute atomic E-state index is 12.1. The van der Waals surface area contributed by atoms with Crippen LogP contribution in [0, 0.1) is 5.92 Å². The van der Waals surface area contributed by atoms with Crippen LogP contribution in [0.1, 0.15) is 26.7 Å². The number of nitrogens with zero attached hydrogens (tertiary/aromatic N) is 3. The summed E-state index contributed by atoms with van der Waals surface area (Å²) in [5.74, 6) is 1.44. The van der Waals surface area contributed by atoms with Gasteiger partial charge in [-0.25, -0.2) is 0 Å². The summed E-state index contributed by atoms with van der Waals surface area (Å²) in [6.45, 7) is 6.91. The molecule has 1 amide bonds. The first-order chi connectivity index (χ1) is 9.19. The van der Waals surface area contributed by atoms with Gasteiger partial charge in [-0.15, -0.1) is 10.2 Å². The number of amides is 1. The third kappa shape index (κ3) is 4.35. The lowest BCUT2D eigenvalue weighted by atomic mass is 9.99. The summed E-state index contributed by atoms with van der Waals surface area (Å²) in [4.78, 5) is 14.0. The summed E-state index contributed by atoms with van der Waals surface area (Å²) in [5, 5.41) is 12.0. The Morgan fingerprint density at radius 3 is 2.89 bits per heavy atom. The van der Waals surface area contributed by atoms with Crippen LogP contribution < -0.4 is 5.32 Å². The second kappa shape index (κ2) is 7.09. The molecule has 7 heteroatoms. The van der Waals surface area contributed by atoms with E-state index in [1.807, 2.05) is 11.8 Å². The largest absolute Gasteiger partial charge is 0.360 e. The third-order valence-corrected chi connectivity index (χ3v) is 5.19. The number of piperidine rings is 1. The Kier molecular flexibility index (Phi) is 5.45. The van der Waals surface area contributed by atoms with Crippen molar-refractivity contribution in [3.63, 3.8) is 0 Å². The van der Waals surface area contributed by atoms with Crippen molar-refractivity contribution in [3.8, 4) is 0 Å². The molecule has 0 aliphatic carbocycles. The van der Waals surface area contributed by atoms with Crippen LogP contribution in [0.25, 0.3) is 0 Å². The summed E-state index contributed by atoms with van der Waals surface area (Å²) in [6.07, 6.45) is 2.25. The van der Waals surface area contributed by atoms with Crippen LogP contribution in [0.4, 0.5) is 5.13 Å². The van der Waals surface area contributed by atoms with Gasteiger partial charge >= 0.3 is 0 Å². The molecular formula is C12H20N4OS2. The first kappa shape index (κ1) is 14.6. The smallest absolute Gasteiger partial charge is 0.233 e. The van der Waals surface area contributed by atoms with Crippen molar-refractivity contribution in [3.05, 3.63) is 0 Å². The van der Waals surface area contributed by atoms with Gasteiger partial charge in [-0.05, 0) is 25.7 Å². The van der Waals surface area contributed by atoms with Crippen LogP contribution in [0.5, 0.6) is 0 Å². The predicted molar refractivity (Wildman–Crippen MR) is 79.8 cm³/mol. The van der Waals surface area contributed by atoms with E-state index in [0.717, 1.165) is 47.9 Å². The van der Waals surface area contributed by atoms with E-state index in [-0.39, 0.29) is 5.91 Å². The summed E-state index contributed by atoms with van der Waals surface area (Å²) in [6, 6.07) is 0. The van der Waals surface area contributed by atoms with Crippen LogP contribution in [0.2, 0.25) is 0 Å². The van der Waals surface area contributed by atoms with Crippen LogP contribution in [0.3, 0.4) is 0 Å². The Balaban J connectivity index is 1.76. The molecule has 1 aromatic heterocycles. The highest BCUT2D eigenvalue weighted by atomic mass is 32.2. The van der Waals surface area contributed by atoms with Crippen molar-refractivity contribution < 1.29 is 4.79 Å². The third-order valence-electron chi connectivity index (χ3n) is 3.19. The van der Waals surface area contributed by atoms with Gasteiger partial charge in [-0.3, -0.25) is 4.79 Å². The second-order valence-electron chi connectivity index (χ2n) is 4.76. The fourth-order valence-corrected chi connectivity index (χ4v) is 3.69. The van der Waals surface area contributed by atoms with Gasteiger partial charge in [0.1, 0.15) is 0 Å². The summed E-state index contributed by atoms with van der Waals surface area (Å²) in [7, 11) is 0. The number of carbonyl (C=O) groups excluding carboxylic acids is 1. The number of aromatic nitrogens is 2. The molecule has 0 aromatic carbocycles. The Morgan fingerprint density at radius 2 is 2.21 bits per heavy atom. The first-order valence-corrected chi connectivity index (χ1v) is 8.47. The highest BCUT2D eigenvalue weighted by Crippen LogP contribution is 2.26. The van der Waals surface area contributed by atoms with Gasteiger partial charge in [-0.2, -0.15) is 0 Å². The predicted octanol–water partition coefficient (Wildman–Crippen LogP) is 2.32. The Bertz CT molecular complexity index is 416. The van der Waals surface area contributed by atoms with E-state index in [1.165, 1.54) is 23.1 Å². The quantitative estimate of drug-likeness (QED) is 0.846. The molecular weight excluding hydrogens is 280 g/mol. The second-order valence-corrected chi connectivity index (χ2v) is 6.96. The number of nitrogens with one attached hydrogen (secondary N) is 1. The minimum atomic E-state index is 0.220. The maximum Gasteiger partial charge on any atom is 0.233 e. The van der Waals surface area contributed by atoms with Crippen LogP contribution in [-0.4, -0.2) is 46.4 Å². The van der Waals surface area contributed by atoms with Crippen molar-refractivity contribution in [1.82, 2.24) is 15.1 Å². The molecule has 5 nitrogen and oxygen atoms in total. The molecule has 106 valence electrons. The summed E-state index contributed by atoms with van der Waals surface area (Å²) >= 11 is 2.99. The molecule has 1 aliphatic heterocycles. The van der Waals surface area contributed by atoms with Crippen LogP contribution >= 0.6 is 23.1 Å². The van der Waals surface area contributed by atoms with Gasteiger partial charge in [0, 0.05) is 19.6 Å². The van der Waals surface area contributed by atoms with Gasteiger partial charge in [-0.1, -0.05) is 30.0 Å². The SMILES string of the molecule is CCNc1nnc(SCC(=O)N2CCC(C)CC2)s1. The highest BCUT2D eigenvalue weighted by Gasteiger charge is 2.20. The average molecular weight is 300 g/mol. The number of hydrogen-bond donors (Lipinski definition) is 1. The van der Waals surface area contributed by atoms with E-state index in [1.54, 1.807) is 0 Å². The Hall–Kier alpha value is -0.820. The maximum atomic E-state index is 12.1. The molecule has 19 heavy (non-hydrogen) atoms. The molecule has 0 radical (unpaired) electrons. The molecule has 0 bridgehead atoms. The van der Waals surface area contributed by atoms with Gasteiger partial charge < -0.3 is 10.2 Å². The lowest BCUT2D eigenvalue weighted by molar-refractivity contribution is -0.129. The zero-order valence-electron chi connectivity index (χ0n) is 11.4. The minimum absolute atomic E-state index is 0.220. The standard InChI is InChI=1S/C12H20N4OS2/c1-3-13-11-14-15-12(19-11)18-8-10(17)16-6-4-9(2)5-7-16/h9H,3-8H2,1-2H3,(H,13,14). The normalized spacial score (nSPS) is 16.6. The van der Waals surface area contributed by atoms with Crippen molar-refractivity contribution in [2.75, 3.05) is 30.7 Å². The van der Waals surface area contributed by atoms with Crippen LogP contribution in [-0.2, 0) is 4.79 Å². The molecule has 0 saturated carbocycles. The van der Waals surface area contributed by atoms with Crippen molar-refractivity contribution in [2.45, 2.75) is 31.0 Å². The van der Waals surface area contributed by atoms with E-state index in [4.69, 9.17) is 0 Å². The van der Waals surface area contributed by atoms with Crippen LogP contribution in [0.15, 0.2) is 4.34 Å². The van der Waals surface area contributed by atoms with Crippen molar-refractivity contribution in [2.24, 2.45) is 5.92 Å². The Labute approximate surface area is 122 Å². The number of anilines is 1.